The highest BCUT2D eigenvalue weighted by molar-refractivity contribution is 5.97. The summed E-state index contributed by atoms with van der Waals surface area (Å²) in [6.45, 7) is 7.91. The molecule has 0 radical (unpaired) electrons. The van der Waals surface area contributed by atoms with Crippen LogP contribution < -0.4 is 16.0 Å². The van der Waals surface area contributed by atoms with E-state index in [1.807, 2.05) is 32.0 Å². The van der Waals surface area contributed by atoms with Crippen molar-refractivity contribution in [2.75, 3.05) is 31.6 Å². The Morgan fingerprint density at radius 3 is 2.74 bits per heavy atom. The second-order valence-electron chi connectivity index (χ2n) is 7.92. The summed E-state index contributed by atoms with van der Waals surface area (Å²) in [5.74, 6) is 0.496. The summed E-state index contributed by atoms with van der Waals surface area (Å²) in [4.78, 5) is 21.5. The first-order chi connectivity index (χ1) is 15.1. The summed E-state index contributed by atoms with van der Waals surface area (Å²) in [5.41, 5.74) is 6.59. The second kappa shape index (κ2) is 8.13. The van der Waals surface area contributed by atoms with Gasteiger partial charge in [0, 0.05) is 49.3 Å². The van der Waals surface area contributed by atoms with Gasteiger partial charge in [0.25, 0.3) is 5.91 Å². The van der Waals surface area contributed by atoms with E-state index in [9.17, 15) is 4.79 Å². The third kappa shape index (κ3) is 3.68. The Hall–Kier alpha value is -3.23. The Morgan fingerprint density at radius 2 is 2.00 bits per heavy atom. The monoisotopic (exact) mass is 418 g/mol. The zero-order chi connectivity index (χ0) is 21.4. The quantitative estimate of drug-likeness (QED) is 0.603. The molecule has 8 heteroatoms. The molecule has 31 heavy (non-hydrogen) atoms. The smallest absolute Gasteiger partial charge is 0.268 e. The number of rotatable bonds is 4. The lowest BCUT2D eigenvalue weighted by Gasteiger charge is -2.24. The van der Waals surface area contributed by atoms with Gasteiger partial charge in [0.05, 0.1) is 18.4 Å². The van der Waals surface area contributed by atoms with Crippen LogP contribution in [0.1, 0.15) is 33.4 Å². The minimum atomic E-state index is -0.0252. The lowest BCUT2D eigenvalue weighted by molar-refractivity contribution is 0.0277. The zero-order valence-electron chi connectivity index (χ0n) is 17.7. The van der Waals surface area contributed by atoms with Crippen LogP contribution in [0.15, 0.2) is 36.5 Å². The molecule has 8 nitrogen and oxygen atoms in total. The number of nitrogens with zero attached hydrogens (tertiary/aromatic N) is 3. The maximum Gasteiger partial charge on any atom is 0.268 e. The van der Waals surface area contributed by atoms with Crippen molar-refractivity contribution in [1.82, 2.24) is 25.2 Å². The van der Waals surface area contributed by atoms with Crippen LogP contribution in [0.4, 0.5) is 11.6 Å². The van der Waals surface area contributed by atoms with Crippen LogP contribution in [0, 0.1) is 13.8 Å². The van der Waals surface area contributed by atoms with Crippen molar-refractivity contribution < 1.29 is 9.53 Å². The van der Waals surface area contributed by atoms with Crippen molar-refractivity contribution >= 4 is 17.5 Å². The van der Waals surface area contributed by atoms with E-state index in [4.69, 9.17) is 9.72 Å². The standard InChI is InChI=1S/C23H26N6O2/c1-14-20(15(2)29-11-9-25-22(30)21(14)29)18-7-8-26-23(28-18)27-17-5-3-16(4-6-17)19-13-24-10-12-31-19/h3-8,19,24H,9-13H2,1-2H3,(H,25,30)(H,26,27,28). The van der Waals surface area contributed by atoms with Gasteiger partial charge in [-0.25, -0.2) is 9.97 Å². The van der Waals surface area contributed by atoms with Crippen LogP contribution >= 0.6 is 0 Å². The summed E-state index contributed by atoms with van der Waals surface area (Å²) < 4.78 is 7.90. The van der Waals surface area contributed by atoms with Crippen molar-refractivity contribution in [3.8, 4) is 11.3 Å². The third-order valence-electron chi connectivity index (χ3n) is 5.98. The Morgan fingerprint density at radius 1 is 1.16 bits per heavy atom. The van der Waals surface area contributed by atoms with Crippen LogP contribution in [0.3, 0.4) is 0 Å². The van der Waals surface area contributed by atoms with Gasteiger partial charge in [-0.2, -0.15) is 0 Å². The number of amides is 1. The molecule has 1 atom stereocenters. The van der Waals surface area contributed by atoms with Crippen molar-refractivity contribution in [3.63, 3.8) is 0 Å². The van der Waals surface area contributed by atoms with E-state index in [0.29, 0.717) is 12.5 Å². The average Bonchev–Trinajstić information content (AvgIpc) is 3.06. The zero-order valence-corrected chi connectivity index (χ0v) is 17.7. The summed E-state index contributed by atoms with van der Waals surface area (Å²) in [5, 5.41) is 9.57. The number of aromatic nitrogens is 3. The number of hydrogen-bond acceptors (Lipinski definition) is 6. The number of anilines is 2. The molecule has 2 aliphatic heterocycles. The van der Waals surface area contributed by atoms with Gasteiger partial charge in [-0.1, -0.05) is 12.1 Å². The molecule has 3 N–H and O–H groups in total. The first-order valence-corrected chi connectivity index (χ1v) is 10.6. The van der Waals surface area contributed by atoms with Gasteiger partial charge < -0.3 is 25.3 Å². The van der Waals surface area contributed by atoms with Gasteiger partial charge in [-0.15, -0.1) is 0 Å². The molecule has 160 valence electrons. The molecular weight excluding hydrogens is 392 g/mol. The predicted molar refractivity (Wildman–Crippen MR) is 119 cm³/mol. The fourth-order valence-electron chi connectivity index (χ4n) is 4.46. The van der Waals surface area contributed by atoms with E-state index in [1.54, 1.807) is 6.20 Å². The number of ether oxygens (including phenoxy) is 1. The highest BCUT2D eigenvalue weighted by Crippen LogP contribution is 2.32. The first-order valence-electron chi connectivity index (χ1n) is 10.6. The average molecular weight is 419 g/mol. The molecule has 2 aromatic heterocycles. The Labute approximate surface area is 181 Å². The maximum absolute atomic E-state index is 12.4. The van der Waals surface area contributed by atoms with E-state index < -0.39 is 0 Å². The van der Waals surface area contributed by atoms with Gasteiger partial charge in [0.1, 0.15) is 5.69 Å². The number of fused-ring (bicyclic) bond motifs is 1. The van der Waals surface area contributed by atoms with Crippen LogP contribution in [-0.2, 0) is 11.3 Å². The van der Waals surface area contributed by atoms with Gasteiger partial charge in [-0.05, 0) is 43.2 Å². The van der Waals surface area contributed by atoms with E-state index in [1.165, 1.54) is 0 Å². The molecule has 2 aliphatic rings. The van der Waals surface area contributed by atoms with Crippen LogP contribution in [-0.4, -0.2) is 46.7 Å². The Kier molecular flexibility index (Phi) is 5.17. The van der Waals surface area contributed by atoms with Crippen LogP contribution in [0.5, 0.6) is 0 Å². The second-order valence-corrected chi connectivity index (χ2v) is 7.92. The highest BCUT2D eigenvalue weighted by Gasteiger charge is 2.26. The summed E-state index contributed by atoms with van der Waals surface area (Å²) in [6, 6.07) is 10.1. The van der Waals surface area contributed by atoms with E-state index in [2.05, 4.69) is 37.6 Å². The van der Waals surface area contributed by atoms with Crippen LogP contribution in [0.25, 0.3) is 11.3 Å². The molecule has 1 saturated heterocycles. The highest BCUT2D eigenvalue weighted by atomic mass is 16.5. The van der Waals surface area contributed by atoms with Gasteiger partial charge in [0.2, 0.25) is 5.95 Å². The molecule has 1 unspecified atom stereocenters. The van der Waals surface area contributed by atoms with Crippen LogP contribution in [0.2, 0.25) is 0 Å². The number of nitrogens with one attached hydrogen (secondary N) is 3. The van der Waals surface area contributed by atoms with Crippen molar-refractivity contribution in [1.29, 1.82) is 0 Å². The lowest BCUT2D eigenvalue weighted by atomic mass is 10.1. The lowest BCUT2D eigenvalue weighted by Crippen LogP contribution is -2.35. The minimum absolute atomic E-state index is 0.0252. The molecule has 5 rings (SSSR count). The largest absolute Gasteiger partial charge is 0.371 e. The predicted octanol–water partition coefficient (Wildman–Crippen LogP) is 2.71. The van der Waals surface area contributed by atoms with Gasteiger partial charge in [0.15, 0.2) is 0 Å². The molecule has 0 spiro atoms. The molecule has 1 aromatic carbocycles. The van der Waals surface area contributed by atoms with E-state index in [-0.39, 0.29) is 12.0 Å². The number of carbonyl (C=O) groups is 1. The van der Waals surface area contributed by atoms with E-state index >= 15 is 0 Å². The van der Waals surface area contributed by atoms with Gasteiger partial charge in [-0.3, -0.25) is 4.79 Å². The molecule has 1 fully saturated rings. The molecule has 4 heterocycles. The molecular formula is C23H26N6O2. The first kappa shape index (κ1) is 19.7. The van der Waals surface area contributed by atoms with Gasteiger partial charge >= 0.3 is 0 Å². The number of carbonyl (C=O) groups excluding carboxylic acids is 1. The minimum Gasteiger partial charge on any atom is -0.371 e. The van der Waals surface area contributed by atoms with Crippen molar-refractivity contribution in [3.05, 3.63) is 59.0 Å². The normalized spacial score (nSPS) is 18.4. The SMILES string of the molecule is Cc1c(-c2ccnc(Nc3ccc(C4CNCCO4)cc3)n2)c(C)n2c1C(=O)NCC2. The maximum atomic E-state index is 12.4. The molecule has 3 aromatic rings. The van der Waals surface area contributed by atoms with E-state index in [0.717, 1.165) is 65.7 Å². The Balaban J connectivity index is 1.40. The molecule has 1 amide bonds. The molecule has 0 saturated carbocycles. The molecule has 0 aliphatic carbocycles. The number of hydrogen-bond donors (Lipinski definition) is 3. The summed E-state index contributed by atoms with van der Waals surface area (Å²) in [6.07, 6.45) is 1.84. The fraction of sp³-hybridized carbons (Fsp3) is 0.348. The third-order valence-corrected chi connectivity index (χ3v) is 5.98. The topological polar surface area (TPSA) is 93.1 Å². The molecule has 0 bridgehead atoms. The Bertz CT molecular complexity index is 1120. The summed E-state index contributed by atoms with van der Waals surface area (Å²) in [7, 11) is 0. The van der Waals surface area contributed by atoms with Crippen molar-refractivity contribution in [2.45, 2.75) is 26.5 Å². The number of benzene rings is 1. The van der Waals surface area contributed by atoms with Crippen molar-refractivity contribution in [2.24, 2.45) is 0 Å². The summed E-state index contributed by atoms with van der Waals surface area (Å²) >= 11 is 0. The fourth-order valence-corrected chi connectivity index (χ4v) is 4.46. The number of morpholine rings is 1.